The number of aryl methyl sites for hydroxylation is 1. The molecule has 26 heavy (non-hydrogen) atoms. The number of amides is 1. The number of nitrogens with zero attached hydrogens (tertiary/aromatic N) is 1. The highest BCUT2D eigenvalue weighted by Crippen LogP contribution is 2.29. The van der Waals surface area contributed by atoms with Crippen LogP contribution in [0.1, 0.15) is 20.8 Å². The number of aromatic hydroxyl groups is 1. The molecule has 6 heteroatoms. The summed E-state index contributed by atoms with van der Waals surface area (Å²) in [7, 11) is 1.47. The van der Waals surface area contributed by atoms with Crippen molar-refractivity contribution >= 4 is 23.5 Å². The molecule has 3 aromatic rings. The van der Waals surface area contributed by atoms with Crippen molar-refractivity contribution in [3.63, 3.8) is 0 Å². The number of methoxy groups -OCH3 is 1. The Kier molecular flexibility index (Phi) is 5.34. The number of carbonyl (C=O) groups excluding carboxylic acids is 1. The first-order valence-electron chi connectivity index (χ1n) is 7.94. The van der Waals surface area contributed by atoms with Crippen molar-refractivity contribution in [1.82, 2.24) is 5.43 Å². The van der Waals surface area contributed by atoms with Crippen molar-refractivity contribution < 1.29 is 14.6 Å². The van der Waals surface area contributed by atoms with Gasteiger partial charge in [-0.3, -0.25) is 4.79 Å². The van der Waals surface area contributed by atoms with Crippen LogP contribution < -0.4 is 10.2 Å². The molecule has 2 N–H and O–H groups in total. The van der Waals surface area contributed by atoms with Crippen molar-refractivity contribution in [2.75, 3.05) is 7.11 Å². The number of phenols is 1. The molecule has 0 saturated carbocycles. The molecule has 1 aromatic heterocycles. The van der Waals surface area contributed by atoms with E-state index in [1.54, 1.807) is 18.2 Å². The summed E-state index contributed by atoms with van der Waals surface area (Å²) < 4.78 is 5.05. The van der Waals surface area contributed by atoms with Gasteiger partial charge in [-0.05, 0) is 36.1 Å². The minimum absolute atomic E-state index is 0.0236. The van der Waals surface area contributed by atoms with Crippen LogP contribution in [0.15, 0.2) is 59.0 Å². The summed E-state index contributed by atoms with van der Waals surface area (Å²) >= 11 is 1.36. The van der Waals surface area contributed by atoms with Crippen LogP contribution in [-0.4, -0.2) is 24.3 Å². The number of nitrogens with one attached hydrogen (secondary N) is 1. The van der Waals surface area contributed by atoms with Gasteiger partial charge in [-0.2, -0.15) is 5.10 Å². The highest BCUT2D eigenvalue weighted by Gasteiger charge is 2.14. The summed E-state index contributed by atoms with van der Waals surface area (Å²) in [5.41, 5.74) is 5.98. The SMILES string of the molecule is COc1cccc(/C=N/NC(=O)c2sccc2-c2ccc(C)cc2)c1O. The lowest BCUT2D eigenvalue weighted by Crippen LogP contribution is -2.17. The minimum Gasteiger partial charge on any atom is -0.504 e. The molecule has 1 heterocycles. The predicted octanol–water partition coefficient (Wildman–Crippen LogP) is 4.20. The van der Waals surface area contributed by atoms with Crippen LogP contribution in [0.25, 0.3) is 11.1 Å². The van der Waals surface area contributed by atoms with Gasteiger partial charge in [0.2, 0.25) is 0 Å². The first-order chi connectivity index (χ1) is 12.6. The summed E-state index contributed by atoms with van der Waals surface area (Å²) in [4.78, 5) is 13.0. The Bertz CT molecular complexity index is 946. The van der Waals surface area contributed by atoms with Crippen LogP contribution in [0.2, 0.25) is 0 Å². The number of rotatable bonds is 5. The molecule has 0 spiro atoms. The molecule has 0 radical (unpaired) electrons. The first kappa shape index (κ1) is 17.7. The Morgan fingerprint density at radius 3 is 2.69 bits per heavy atom. The summed E-state index contributed by atoms with van der Waals surface area (Å²) in [5, 5.41) is 15.9. The van der Waals surface area contributed by atoms with E-state index >= 15 is 0 Å². The molecule has 0 aliphatic heterocycles. The van der Waals surface area contributed by atoms with E-state index in [-0.39, 0.29) is 11.7 Å². The van der Waals surface area contributed by atoms with Gasteiger partial charge in [-0.25, -0.2) is 5.43 Å². The van der Waals surface area contributed by atoms with E-state index in [4.69, 9.17) is 4.74 Å². The Morgan fingerprint density at radius 1 is 1.19 bits per heavy atom. The number of hydrogen-bond donors (Lipinski definition) is 2. The highest BCUT2D eigenvalue weighted by atomic mass is 32.1. The number of phenolic OH excluding ortho intramolecular Hbond substituents is 1. The Labute approximate surface area is 155 Å². The lowest BCUT2D eigenvalue weighted by atomic mass is 10.1. The van der Waals surface area contributed by atoms with Gasteiger partial charge in [0.05, 0.1) is 13.3 Å². The zero-order valence-electron chi connectivity index (χ0n) is 14.4. The van der Waals surface area contributed by atoms with E-state index in [1.807, 2.05) is 42.6 Å². The predicted molar refractivity (Wildman–Crippen MR) is 104 cm³/mol. The fourth-order valence-electron chi connectivity index (χ4n) is 2.46. The van der Waals surface area contributed by atoms with Crippen molar-refractivity contribution in [2.24, 2.45) is 5.10 Å². The zero-order valence-corrected chi connectivity index (χ0v) is 15.2. The quantitative estimate of drug-likeness (QED) is 0.525. The number of para-hydroxylation sites is 1. The molecule has 0 atom stereocenters. The maximum absolute atomic E-state index is 12.5. The number of hydrazone groups is 1. The standard InChI is InChI=1S/C20H18N2O3S/c1-13-6-8-14(9-7-13)16-10-11-26-19(16)20(24)22-21-12-15-4-3-5-17(25-2)18(15)23/h3-12,23H,1-2H3,(H,22,24)/b21-12+. The van der Waals surface area contributed by atoms with Gasteiger partial charge in [-0.15, -0.1) is 11.3 Å². The molecule has 2 aromatic carbocycles. The van der Waals surface area contributed by atoms with Crippen molar-refractivity contribution in [3.05, 3.63) is 69.9 Å². The molecule has 3 rings (SSSR count). The van der Waals surface area contributed by atoms with E-state index in [9.17, 15) is 9.90 Å². The van der Waals surface area contributed by atoms with Crippen molar-refractivity contribution in [1.29, 1.82) is 0 Å². The summed E-state index contributed by atoms with van der Waals surface area (Å²) in [6.07, 6.45) is 1.38. The molecule has 0 fully saturated rings. The largest absolute Gasteiger partial charge is 0.504 e. The Morgan fingerprint density at radius 2 is 1.96 bits per heavy atom. The van der Waals surface area contributed by atoms with Crippen LogP contribution in [0, 0.1) is 6.92 Å². The third-order valence-electron chi connectivity index (χ3n) is 3.85. The average molecular weight is 366 g/mol. The second kappa shape index (κ2) is 7.84. The normalized spacial score (nSPS) is 10.8. The molecule has 0 aliphatic carbocycles. The van der Waals surface area contributed by atoms with Crippen LogP contribution in [0.5, 0.6) is 11.5 Å². The van der Waals surface area contributed by atoms with Crippen molar-refractivity contribution in [3.8, 4) is 22.6 Å². The molecular formula is C20H18N2O3S. The summed E-state index contributed by atoms with van der Waals surface area (Å²) in [6.45, 7) is 2.02. The third kappa shape index (κ3) is 3.75. The van der Waals surface area contributed by atoms with E-state index in [2.05, 4.69) is 10.5 Å². The van der Waals surface area contributed by atoms with Gasteiger partial charge in [0.25, 0.3) is 5.91 Å². The Balaban J connectivity index is 1.76. The molecule has 0 bridgehead atoms. The van der Waals surface area contributed by atoms with Gasteiger partial charge >= 0.3 is 0 Å². The minimum atomic E-state index is -0.297. The molecular weight excluding hydrogens is 348 g/mol. The van der Waals surface area contributed by atoms with E-state index in [0.717, 1.165) is 16.7 Å². The average Bonchev–Trinajstić information content (AvgIpc) is 3.13. The summed E-state index contributed by atoms with van der Waals surface area (Å²) in [6, 6.07) is 15.0. The molecule has 0 aliphatic rings. The van der Waals surface area contributed by atoms with E-state index < -0.39 is 0 Å². The molecule has 0 unspecified atom stereocenters. The number of thiophene rings is 1. The molecule has 1 amide bonds. The van der Waals surface area contributed by atoms with Crippen LogP contribution in [-0.2, 0) is 0 Å². The van der Waals surface area contributed by atoms with Gasteiger partial charge in [0.1, 0.15) is 4.88 Å². The molecule has 0 saturated heterocycles. The first-order valence-corrected chi connectivity index (χ1v) is 8.82. The van der Waals surface area contributed by atoms with Crippen LogP contribution in [0.4, 0.5) is 0 Å². The summed E-state index contributed by atoms with van der Waals surface area (Å²) in [5.74, 6) is 0.0267. The lowest BCUT2D eigenvalue weighted by molar-refractivity contribution is 0.0959. The Hall–Kier alpha value is -3.12. The maximum Gasteiger partial charge on any atom is 0.282 e. The van der Waals surface area contributed by atoms with Gasteiger partial charge in [0.15, 0.2) is 11.5 Å². The monoisotopic (exact) mass is 366 g/mol. The maximum atomic E-state index is 12.5. The highest BCUT2D eigenvalue weighted by molar-refractivity contribution is 7.12. The fraction of sp³-hybridized carbons (Fsp3) is 0.100. The zero-order chi connectivity index (χ0) is 18.5. The fourth-order valence-corrected chi connectivity index (χ4v) is 3.27. The second-order valence-corrected chi connectivity index (χ2v) is 6.54. The molecule has 132 valence electrons. The van der Waals surface area contributed by atoms with Crippen LogP contribution >= 0.6 is 11.3 Å². The second-order valence-electron chi connectivity index (χ2n) is 5.63. The number of hydrogen-bond acceptors (Lipinski definition) is 5. The number of ether oxygens (including phenoxy) is 1. The topological polar surface area (TPSA) is 70.9 Å². The molecule has 5 nitrogen and oxygen atoms in total. The van der Waals surface area contributed by atoms with Gasteiger partial charge in [0, 0.05) is 11.1 Å². The third-order valence-corrected chi connectivity index (χ3v) is 4.77. The van der Waals surface area contributed by atoms with Gasteiger partial charge in [-0.1, -0.05) is 35.9 Å². The number of benzene rings is 2. The van der Waals surface area contributed by atoms with Crippen LogP contribution in [0.3, 0.4) is 0 Å². The smallest absolute Gasteiger partial charge is 0.282 e. The van der Waals surface area contributed by atoms with Gasteiger partial charge < -0.3 is 9.84 Å². The van der Waals surface area contributed by atoms with Crippen molar-refractivity contribution in [2.45, 2.75) is 6.92 Å². The van der Waals surface area contributed by atoms with E-state index in [0.29, 0.717) is 16.2 Å². The van der Waals surface area contributed by atoms with E-state index in [1.165, 1.54) is 24.7 Å². The lowest BCUT2D eigenvalue weighted by Gasteiger charge is -2.05. The number of carbonyl (C=O) groups is 1.